The number of carbonyl (C=O) groups is 2. The van der Waals surface area contributed by atoms with Crippen LogP contribution in [-0.2, 0) is 11.2 Å². The number of ether oxygens (including phenoxy) is 1. The van der Waals surface area contributed by atoms with E-state index in [0.717, 1.165) is 55.7 Å². The van der Waals surface area contributed by atoms with E-state index in [1.54, 1.807) is 7.11 Å². The molecular formula is C23H30N4O3. The Bertz CT molecular complexity index is 871. The first-order chi connectivity index (χ1) is 14.6. The number of benzene rings is 1. The van der Waals surface area contributed by atoms with Crippen LogP contribution in [-0.4, -0.2) is 46.6 Å². The predicted octanol–water partition coefficient (Wildman–Crippen LogP) is 3.39. The molecule has 2 heterocycles. The molecule has 1 saturated carbocycles. The number of hydrogen-bond acceptors (Lipinski definition) is 4. The monoisotopic (exact) mass is 410 g/mol. The topological polar surface area (TPSA) is 87.3 Å². The zero-order chi connectivity index (χ0) is 20.9. The maximum Gasteiger partial charge on any atom is 0.271 e. The van der Waals surface area contributed by atoms with Crippen molar-refractivity contribution in [1.82, 2.24) is 20.4 Å². The molecule has 0 radical (unpaired) electrons. The second-order valence-corrected chi connectivity index (χ2v) is 8.29. The van der Waals surface area contributed by atoms with E-state index in [2.05, 4.69) is 15.5 Å². The summed E-state index contributed by atoms with van der Waals surface area (Å²) in [6.07, 6.45) is 7.70. The molecule has 2 amide bonds. The number of aromatic nitrogens is 2. The minimum Gasteiger partial charge on any atom is -0.497 e. The highest BCUT2D eigenvalue weighted by Gasteiger charge is 2.30. The fourth-order valence-electron chi connectivity index (χ4n) is 4.53. The minimum atomic E-state index is -0.128. The summed E-state index contributed by atoms with van der Waals surface area (Å²) >= 11 is 0. The van der Waals surface area contributed by atoms with Crippen LogP contribution in [0.1, 0.15) is 72.7 Å². The highest BCUT2D eigenvalue weighted by molar-refractivity contribution is 5.92. The molecule has 2 aromatic rings. The van der Waals surface area contributed by atoms with Gasteiger partial charge in [-0.1, -0.05) is 25.0 Å². The first-order valence-electron chi connectivity index (χ1n) is 10.9. The third kappa shape index (κ3) is 4.66. The zero-order valence-corrected chi connectivity index (χ0v) is 17.5. The Morgan fingerprint density at radius 1 is 1.13 bits per heavy atom. The second kappa shape index (κ2) is 9.32. The van der Waals surface area contributed by atoms with Gasteiger partial charge < -0.3 is 15.0 Å². The molecular weight excluding hydrogens is 380 g/mol. The van der Waals surface area contributed by atoms with E-state index in [1.807, 2.05) is 35.2 Å². The number of hydrogen-bond donors (Lipinski definition) is 2. The third-order valence-electron chi connectivity index (χ3n) is 6.22. The Morgan fingerprint density at radius 2 is 1.87 bits per heavy atom. The van der Waals surface area contributed by atoms with Gasteiger partial charge in [0.05, 0.1) is 25.3 Å². The summed E-state index contributed by atoms with van der Waals surface area (Å²) < 4.78 is 5.19. The van der Waals surface area contributed by atoms with Crippen LogP contribution >= 0.6 is 0 Å². The van der Waals surface area contributed by atoms with Crippen LogP contribution in [0, 0.1) is 0 Å². The molecule has 1 atom stereocenters. The molecule has 1 saturated heterocycles. The lowest BCUT2D eigenvalue weighted by Crippen LogP contribution is -2.39. The van der Waals surface area contributed by atoms with E-state index in [9.17, 15) is 9.59 Å². The van der Waals surface area contributed by atoms with Crippen molar-refractivity contribution in [2.24, 2.45) is 0 Å². The average Bonchev–Trinajstić information content (AvgIpc) is 3.46. The van der Waals surface area contributed by atoms with E-state index < -0.39 is 0 Å². The van der Waals surface area contributed by atoms with E-state index in [0.29, 0.717) is 12.1 Å². The van der Waals surface area contributed by atoms with Crippen LogP contribution < -0.4 is 10.1 Å². The summed E-state index contributed by atoms with van der Waals surface area (Å²) in [6.45, 7) is 0.724. The molecule has 1 aromatic heterocycles. The number of methoxy groups -OCH3 is 1. The molecule has 1 aliphatic carbocycles. The fourth-order valence-corrected chi connectivity index (χ4v) is 4.53. The first kappa shape index (κ1) is 20.4. The lowest BCUT2D eigenvalue weighted by atomic mass is 9.98. The van der Waals surface area contributed by atoms with Crippen molar-refractivity contribution < 1.29 is 14.3 Å². The number of rotatable bonds is 6. The van der Waals surface area contributed by atoms with Gasteiger partial charge >= 0.3 is 0 Å². The Morgan fingerprint density at radius 3 is 2.60 bits per heavy atom. The standard InChI is InChI=1S/C23H30N4O3/c1-30-18-11-9-16(10-12-18)14-22(28)27-13-5-4-8-21(27)19-15-20(26-25-19)23(29)24-17-6-2-3-7-17/h9-12,15,17,21H,2-8,13-14H2,1H3,(H,24,29)(H,25,26)/t21-/m1/s1. The van der Waals surface area contributed by atoms with Crippen molar-refractivity contribution in [2.75, 3.05) is 13.7 Å². The third-order valence-corrected chi connectivity index (χ3v) is 6.22. The molecule has 7 heteroatoms. The smallest absolute Gasteiger partial charge is 0.271 e. The molecule has 160 valence electrons. The van der Waals surface area contributed by atoms with Gasteiger partial charge in [0.2, 0.25) is 5.91 Å². The number of amides is 2. The maximum absolute atomic E-state index is 13.1. The van der Waals surface area contributed by atoms with E-state index in [1.165, 1.54) is 12.8 Å². The number of piperidine rings is 1. The summed E-state index contributed by atoms with van der Waals surface area (Å²) in [4.78, 5) is 27.5. The molecule has 0 spiro atoms. The molecule has 1 aromatic carbocycles. The van der Waals surface area contributed by atoms with Crippen LogP contribution in [0.25, 0.3) is 0 Å². The average molecular weight is 411 g/mol. The Hall–Kier alpha value is -2.83. The van der Waals surface area contributed by atoms with Gasteiger partial charge in [0.25, 0.3) is 5.91 Å². The van der Waals surface area contributed by atoms with Crippen molar-refractivity contribution in [3.8, 4) is 5.75 Å². The largest absolute Gasteiger partial charge is 0.497 e. The number of nitrogens with one attached hydrogen (secondary N) is 2. The van der Waals surface area contributed by atoms with Gasteiger partial charge in [0, 0.05) is 12.6 Å². The van der Waals surface area contributed by atoms with Crippen molar-refractivity contribution in [1.29, 1.82) is 0 Å². The number of H-pyrrole nitrogens is 1. The lowest BCUT2D eigenvalue weighted by Gasteiger charge is -2.35. The molecule has 0 bridgehead atoms. The van der Waals surface area contributed by atoms with Crippen molar-refractivity contribution >= 4 is 11.8 Å². The summed E-state index contributed by atoms with van der Waals surface area (Å²) in [5, 5.41) is 10.3. The van der Waals surface area contributed by atoms with Gasteiger partial charge in [-0.3, -0.25) is 14.7 Å². The molecule has 30 heavy (non-hydrogen) atoms. The van der Waals surface area contributed by atoms with Crippen LogP contribution in [0.5, 0.6) is 5.75 Å². The zero-order valence-electron chi connectivity index (χ0n) is 17.5. The molecule has 0 unspecified atom stereocenters. The fraction of sp³-hybridized carbons (Fsp3) is 0.522. The number of nitrogens with zero attached hydrogens (tertiary/aromatic N) is 2. The minimum absolute atomic E-state index is 0.0648. The molecule has 2 fully saturated rings. The van der Waals surface area contributed by atoms with Crippen LogP contribution in [0.4, 0.5) is 0 Å². The Balaban J connectivity index is 1.43. The molecule has 4 rings (SSSR count). The Labute approximate surface area is 177 Å². The highest BCUT2D eigenvalue weighted by atomic mass is 16.5. The lowest BCUT2D eigenvalue weighted by molar-refractivity contribution is -0.134. The first-order valence-corrected chi connectivity index (χ1v) is 10.9. The SMILES string of the molecule is COc1ccc(CC(=O)N2CCCC[C@@H]2c2cc(C(=O)NC3CCCC3)n[nH]2)cc1. The normalized spacial score (nSPS) is 19.6. The van der Waals surface area contributed by atoms with E-state index in [4.69, 9.17) is 4.74 Å². The van der Waals surface area contributed by atoms with Crippen LogP contribution in [0.3, 0.4) is 0 Å². The molecule has 7 nitrogen and oxygen atoms in total. The quantitative estimate of drug-likeness (QED) is 0.764. The summed E-state index contributed by atoms with van der Waals surface area (Å²) in [5.41, 5.74) is 2.21. The summed E-state index contributed by atoms with van der Waals surface area (Å²) in [6, 6.07) is 9.61. The van der Waals surface area contributed by atoms with Gasteiger partial charge in [-0.25, -0.2) is 0 Å². The van der Waals surface area contributed by atoms with Gasteiger partial charge in [-0.05, 0) is 55.9 Å². The molecule has 2 N–H and O–H groups in total. The number of carbonyl (C=O) groups excluding carboxylic acids is 2. The van der Waals surface area contributed by atoms with Crippen molar-refractivity contribution in [3.63, 3.8) is 0 Å². The number of aromatic amines is 1. The van der Waals surface area contributed by atoms with Crippen LogP contribution in [0.15, 0.2) is 30.3 Å². The Kier molecular flexibility index (Phi) is 6.35. The molecule has 2 aliphatic rings. The van der Waals surface area contributed by atoms with Gasteiger partial charge in [-0.15, -0.1) is 0 Å². The maximum atomic E-state index is 13.1. The van der Waals surface area contributed by atoms with E-state index >= 15 is 0 Å². The highest BCUT2D eigenvalue weighted by Crippen LogP contribution is 2.31. The van der Waals surface area contributed by atoms with Gasteiger partial charge in [0.1, 0.15) is 11.4 Å². The second-order valence-electron chi connectivity index (χ2n) is 8.29. The predicted molar refractivity (Wildman–Crippen MR) is 113 cm³/mol. The van der Waals surface area contributed by atoms with Gasteiger partial charge in [0.15, 0.2) is 0 Å². The number of likely N-dealkylation sites (tertiary alicyclic amines) is 1. The van der Waals surface area contributed by atoms with Crippen molar-refractivity contribution in [3.05, 3.63) is 47.3 Å². The summed E-state index contributed by atoms with van der Waals surface area (Å²) in [7, 11) is 1.63. The molecule has 1 aliphatic heterocycles. The van der Waals surface area contributed by atoms with Gasteiger partial charge in [-0.2, -0.15) is 5.10 Å². The summed E-state index contributed by atoms with van der Waals surface area (Å²) in [5.74, 6) is 0.746. The van der Waals surface area contributed by atoms with Crippen LogP contribution in [0.2, 0.25) is 0 Å². The van der Waals surface area contributed by atoms with Crippen molar-refractivity contribution in [2.45, 2.75) is 63.5 Å². The van der Waals surface area contributed by atoms with E-state index in [-0.39, 0.29) is 23.9 Å².